The van der Waals surface area contributed by atoms with Gasteiger partial charge in [-0.3, -0.25) is 14.1 Å². The number of carbonyl (C=O) groups excluding carboxylic acids is 2. The lowest BCUT2D eigenvalue weighted by Gasteiger charge is -2.18. The number of hydrogen-bond donors (Lipinski definition) is 3. The number of hydrogen-bond acceptors (Lipinski definition) is 7. The van der Waals surface area contributed by atoms with E-state index in [4.69, 9.17) is 19.3 Å². The monoisotopic (exact) mass is 698 g/mol. The molecule has 0 bridgehead atoms. The minimum atomic E-state index is -4.79. The first-order chi connectivity index (χ1) is 23.1. The predicted molar refractivity (Wildman–Crippen MR) is 194 cm³/mol. The van der Waals surface area contributed by atoms with Crippen LogP contribution in [0.2, 0.25) is 0 Å². The Kier molecular flexibility index (Phi) is 30.8. The summed E-state index contributed by atoms with van der Waals surface area (Å²) in [6.07, 6.45) is 33.0. The highest BCUT2D eigenvalue weighted by Crippen LogP contribution is 2.36. The SMILES string of the molecule is CCCCC/C=C\C/C=C\CC(O)/C=C\C=C\CCCC(=O)O[C@H](COC(=O)CCCCCCCCCCC(C)CC)COP(=O)(O)O. The van der Waals surface area contributed by atoms with Crippen LogP contribution in [0.15, 0.2) is 48.6 Å². The summed E-state index contributed by atoms with van der Waals surface area (Å²) in [5.41, 5.74) is 0. The molecule has 0 radical (unpaired) electrons. The third-order valence-corrected chi connectivity index (χ3v) is 8.46. The fourth-order valence-electron chi connectivity index (χ4n) is 4.77. The maximum Gasteiger partial charge on any atom is 0.469 e. The van der Waals surface area contributed by atoms with Gasteiger partial charge in [0, 0.05) is 12.8 Å². The number of ether oxygens (including phenoxy) is 2. The first kappa shape index (κ1) is 46.0. The molecule has 0 spiro atoms. The van der Waals surface area contributed by atoms with Crippen LogP contribution in [0.1, 0.15) is 149 Å². The zero-order valence-electron chi connectivity index (χ0n) is 30.1. The number of aliphatic hydroxyl groups excluding tert-OH is 1. The van der Waals surface area contributed by atoms with E-state index in [0.717, 1.165) is 38.0 Å². The molecule has 0 fully saturated rings. The Hall–Kier alpha value is -2.03. The lowest BCUT2D eigenvalue weighted by atomic mass is 9.99. The van der Waals surface area contributed by atoms with E-state index in [1.54, 1.807) is 12.2 Å². The quantitative estimate of drug-likeness (QED) is 0.0206. The van der Waals surface area contributed by atoms with Crippen LogP contribution in [0.25, 0.3) is 0 Å². The van der Waals surface area contributed by atoms with Crippen molar-refractivity contribution in [1.29, 1.82) is 0 Å². The van der Waals surface area contributed by atoms with Gasteiger partial charge in [0.15, 0.2) is 6.10 Å². The molecule has 0 saturated heterocycles. The standard InChI is InChI=1S/C38H67O9P/c1-4-6-7-8-9-10-14-18-23-28-35(39)29-24-19-16-21-26-31-38(41)47-36(33-46-48(42,43)44)32-45-37(40)30-25-20-15-12-11-13-17-22-27-34(3)5-2/h9-10,16,18-19,23-24,29,34-36,39H,4-8,11-15,17,20-22,25-28,30-33H2,1-3H3,(H2,42,43,44)/b10-9-,19-16+,23-18-,29-24-/t34?,35?,36-/m1/s1. The zero-order valence-corrected chi connectivity index (χ0v) is 31.0. The van der Waals surface area contributed by atoms with Crippen molar-refractivity contribution in [2.45, 2.75) is 161 Å². The van der Waals surface area contributed by atoms with Gasteiger partial charge in [-0.15, -0.1) is 0 Å². The Morgan fingerprint density at radius 3 is 2.06 bits per heavy atom. The number of rotatable bonds is 32. The second kappa shape index (κ2) is 32.2. The van der Waals surface area contributed by atoms with Gasteiger partial charge < -0.3 is 24.4 Å². The molecule has 48 heavy (non-hydrogen) atoms. The summed E-state index contributed by atoms with van der Waals surface area (Å²) in [5, 5.41) is 10.1. The van der Waals surface area contributed by atoms with Crippen molar-refractivity contribution in [2.75, 3.05) is 13.2 Å². The Balaban J connectivity index is 4.21. The molecule has 0 rings (SSSR count). The van der Waals surface area contributed by atoms with Gasteiger partial charge in [-0.05, 0) is 50.9 Å². The highest BCUT2D eigenvalue weighted by Gasteiger charge is 2.22. The predicted octanol–water partition coefficient (Wildman–Crippen LogP) is 9.61. The Morgan fingerprint density at radius 2 is 1.38 bits per heavy atom. The zero-order chi connectivity index (χ0) is 35.7. The molecule has 278 valence electrons. The molecule has 0 aliphatic carbocycles. The van der Waals surface area contributed by atoms with Gasteiger partial charge in [-0.1, -0.05) is 140 Å². The molecule has 0 aliphatic heterocycles. The minimum absolute atomic E-state index is 0.0761. The summed E-state index contributed by atoms with van der Waals surface area (Å²) < 4.78 is 26.2. The van der Waals surface area contributed by atoms with Gasteiger partial charge >= 0.3 is 19.8 Å². The summed E-state index contributed by atoms with van der Waals surface area (Å²) in [7, 11) is -4.79. The highest BCUT2D eigenvalue weighted by atomic mass is 31.2. The smallest absolute Gasteiger partial charge is 0.462 e. The van der Waals surface area contributed by atoms with Crippen LogP contribution < -0.4 is 0 Å². The van der Waals surface area contributed by atoms with Crippen molar-refractivity contribution in [1.82, 2.24) is 0 Å². The average molecular weight is 699 g/mol. The number of carbonyl (C=O) groups is 2. The van der Waals surface area contributed by atoms with Crippen LogP contribution >= 0.6 is 7.82 Å². The second-order valence-corrected chi connectivity index (χ2v) is 13.9. The number of phosphoric ester groups is 1. The van der Waals surface area contributed by atoms with Gasteiger partial charge in [0.2, 0.25) is 0 Å². The van der Waals surface area contributed by atoms with Crippen molar-refractivity contribution >= 4 is 19.8 Å². The van der Waals surface area contributed by atoms with Gasteiger partial charge in [0.25, 0.3) is 0 Å². The van der Waals surface area contributed by atoms with Crippen molar-refractivity contribution in [3.8, 4) is 0 Å². The Labute approximate surface area is 291 Å². The van der Waals surface area contributed by atoms with Crippen molar-refractivity contribution < 1.29 is 43.0 Å². The maximum absolute atomic E-state index is 12.3. The first-order valence-electron chi connectivity index (χ1n) is 18.4. The maximum atomic E-state index is 12.3. The fraction of sp³-hybridized carbons (Fsp3) is 0.737. The van der Waals surface area contributed by atoms with E-state index in [9.17, 15) is 19.3 Å². The van der Waals surface area contributed by atoms with Crippen LogP contribution in [0.3, 0.4) is 0 Å². The second-order valence-electron chi connectivity index (χ2n) is 12.6. The van der Waals surface area contributed by atoms with Crippen LogP contribution in [0.5, 0.6) is 0 Å². The van der Waals surface area contributed by atoms with E-state index >= 15 is 0 Å². The molecule has 0 aromatic rings. The van der Waals surface area contributed by atoms with Gasteiger partial charge in [-0.25, -0.2) is 4.57 Å². The normalized spacial score (nSPS) is 14.4. The number of aliphatic hydroxyl groups is 1. The molecule has 9 nitrogen and oxygen atoms in total. The third-order valence-electron chi connectivity index (χ3n) is 7.97. The van der Waals surface area contributed by atoms with E-state index in [-0.39, 0.29) is 19.4 Å². The molecule has 0 heterocycles. The molecule has 3 N–H and O–H groups in total. The van der Waals surface area contributed by atoms with Gasteiger partial charge in [0.1, 0.15) is 6.61 Å². The topological polar surface area (TPSA) is 140 Å². The van der Waals surface area contributed by atoms with Crippen molar-refractivity contribution in [2.24, 2.45) is 5.92 Å². The molecule has 0 amide bonds. The van der Waals surface area contributed by atoms with E-state index in [0.29, 0.717) is 25.7 Å². The summed E-state index contributed by atoms with van der Waals surface area (Å²) in [4.78, 5) is 42.6. The molecular formula is C38H67O9P. The van der Waals surface area contributed by atoms with Crippen LogP contribution in [0, 0.1) is 5.92 Å². The highest BCUT2D eigenvalue weighted by molar-refractivity contribution is 7.46. The summed E-state index contributed by atoms with van der Waals surface area (Å²) in [6, 6.07) is 0. The van der Waals surface area contributed by atoms with Crippen molar-refractivity contribution in [3.05, 3.63) is 48.6 Å². The molecular weight excluding hydrogens is 631 g/mol. The molecule has 3 atom stereocenters. The number of phosphoric acid groups is 1. The van der Waals surface area contributed by atoms with Crippen LogP contribution in [-0.2, 0) is 28.2 Å². The van der Waals surface area contributed by atoms with Crippen LogP contribution in [-0.4, -0.2) is 52.3 Å². The lowest BCUT2D eigenvalue weighted by molar-refractivity contribution is -0.161. The minimum Gasteiger partial charge on any atom is -0.462 e. The Bertz CT molecular complexity index is 954. The molecule has 0 saturated carbocycles. The molecule has 10 heteroatoms. The first-order valence-corrected chi connectivity index (χ1v) is 20.0. The third kappa shape index (κ3) is 33.9. The summed E-state index contributed by atoms with van der Waals surface area (Å²) in [5.74, 6) is -0.204. The summed E-state index contributed by atoms with van der Waals surface area (Å²) >= 11 is 0. The Morgan fingerprint density at radius 1 is 0.729 bits per heavy atom. The summed E-state index contributed by atoms with van der Waals surface area (Å²) in [6.45, 7) is 5.82. The van der Waals surface area contributed by atoms with E-state index in [1.807, 2.05) is 18.2 Å². The number of allylic oxidation sites excluding steroid dienone is 6. The van der Waals surface area contributed by atoms with E-state index < -0.39 is 38.6 Å². The number of esters is 2. The van der Waals surface area contributed by atoms with E-state index in [2.05, 4.69) is 43.5 Å². The van der Waals surface area contributed by atoms with Crippen LogP contribution in [0.4, 0.5) is 0 Å². The molecule has 2 unspecified atom stereocenters. The van der Waals surface area contributed by atoms with Gasteiger partial charge in [0.05, 0.1) is 12.7 Å². The number of unbranched alkanes of at least 4 members (excludes halogenated alkanes) is 11. The largest absolute Gasteiger partial charge is 0.469 e. The van der Waals surface area contributed by atoms with E-state index in [1.165, 1.54) is 57.8 Å². The van der Waals surface area contributed by atoms with Crippen molar-refractivity contribution in [3.63, 3.8) is 0 Å². The lowest BCUT2D eigenvalue weighted by Crippen LogP contribution is -2.29. The fourth-order valence-corrected chi connectivity index (χ4v) is 5.13. The molecule has 0 aromatic heterocycles. The van der Waals surface area contributed by atoms with Gasteiger partial charge in [-0.2, -0.15) is 0 Å². The average Bonchev–Trinajstić information content (AvgIpc) is 3.05. The molecule has 0 aliphatic rings. The molecule has 0 aromatic carbocycles.